The van der Waals surface area contributed by atoms with E-state index in [9.17, 15) is 14.4 Å². The minimum Gasteiger partial charge on any atom is -0.483 e. The van der Waals surface area contributed by atoms with E-state index in [-0.39, 0.29) is 18.4 Å². The zero-order valence-corrected chi connectivity index (χ0v) is 18.3. The highest BCUT2D eigenvalue weighted by Gasteiger charge is 2.33. The van der Waals surface area contributed by atoms with Crippen molar-refractivity contribution in [3.05, 3.63) is 84.4 Å². The highest BCUT2D eigenvalue weighted by molar-refractivity contribution is 6.05. The quantitative estimate of drug-likeness (QED) is 0.547. The van der Waals surface area contributed by atoms with E-state index in [1.807, 2.05) is 48.5 Å². The third-order valence-electron chi connectivity index (χ3n) is 5.41. The van der Waals surface area contributed by atoms with Gasteiger partial charge in [0.15, 0.2) is 6.61 Å². The molecule has 2 N–H and O–H groups in total. The van der Waals surface area contributed by atoms with Gasteiger partial charge in [-0.25, -0.2) is 0 Å². The molecule has 0 saturated heterocycles. The molecule has 0 atom stereocenters. The monoisotopic (exact) mass is 443 g/mol. The zero-order valence-electron chi connectivity index (χ0n) is 18.3. The summed E-state index contributed by atoms with van der Waals surface area (Å²) in [5.41, 5.74) is 7.41. The van der Waals surface area contributed by atoms with Gasteiger partial charge in [-0.1, -0.05) is 60.7 Å². The SMILES string of the molecule is CN(C(=O)C1CC1)c1ccccc1C(=O)NNC(=O)COc1ccccc1-c1ccccc1. The van der Waals surface area contributed by atoms with E-state index in [4.69, 9.17) is 4.74 Å². The van der Waals surface area contributed by atoms with E-state index >= 15 is 0 Å². The maximum Gasteiger partial charge on any atom is 0.276 e. The summed E-state index contributed by atoms with van der Waals surface area (Å²) in [6.07, 6.45) is 1.75. The number of benzene rings is 3. The van der Waals surface area contributed by atoms with Crippen LogP contribution in [0.15, 0.2) is 78.9 Å². The Bertz CT molecular complexity index is 1160. The van der Waals surface area contributed by atoms with Gasteiger partial charge in [0, 0.05) is 18.5 Å². The number of nitrogens with one attached hydrogen (secondary N) is 2. The maximum absolute atomic E-state index is 12.7. The molecule has 0 bridgehead atoms. The molecule has 0 aromatic heterocycles. The number of amides is 3. The summed E-state index contributed by atoms with van der Waals surface area (Å²) in [5, 5.41) is 0. The molecule has 0 unspecified atom stereocenters. The number of para-hydroxylation sites is 2. The average molecular weight is 444 g/mol. The van der Waals surface area contributed by atoms with Crippen LogP contribution in [0.1, 0.15) is 23.2 Å². The summed E-state index contributed by atoms with van der Waals surface area (Å²) in [4.78, 5) is 38.9. The molecule has 7 heteroatoms. The van der Waals surface area contributed by atoms with E-state index in [2.05, 4.69) is 10.9 Å². The number of carbonyl (C=O) groups excluding carboxylic acids is 3. The number of nitrogens with zero attached hydrogens (tertiary/aromatic N) is 1. The predicted octanol–water partition coefficient (Wildman–Crippen LogP) is 3.57. The fourth-order valence-corrected chi connectivity index (χ4v) is 3.50. The van der Waals surface area contributed by atoms with E-state index in [0.717, 1.165) is 24.0 Å². The summed E-state index contributed by atoms with van der Waals surface area (Å²) in [6.45, 7) is -0.272. The summed E-state index contributed by atoms with van der Waals surface area (Å²) >= 11 is 0. The number of hydrazine groups is 1. The average Bonchev–Trinajstić information content (AvgIpc) is 3.71. The number of hydrogen-bond donors (Lipinski definition) is 2. The first-order chi connectivity index (χ1) is 16.0. The van der Waals surface area contributed by atoms with Crippen LogP contribution in [0.25, 0.3) is 11.1 Å². The van der Waals surface area contributed by atoms with Crippen LogP contribution in [0, 0.1) is 5.92 Å². The fraction of sp³-hybridized carbons (Fsp3) is 0.192. The van der Waals surface area contributed by atoms with Gasteiger partial charge < -0.3 is 9.64 Å². The smallest absolute Gasteiger partial charge is 0.276 e. The van der Waals surface area contributed by atoms with E-state index in [1.54, 1.807) is 37.4 Å². The second-order valence-corrected chi connectivity index (χ2v) is 7.84. The Morgan fingerprint density at radius 2 is 1.55 bits per heavy atom. The Kier molecular flexibility index (Phi) is 6.69. The van der Waals surface area contributed by atoms with Gasteiger partial charge in [0.25, 0.3) is 11.8 Å². The highest BCUT2D eigenvalue weighted by Crippen LogP contribution is 2.33. The molecule has 33 heavy (non-hydrogen) atoms. The highest BCUT2D eigenvalue weighted by atomic mass is 16.5. The molecule has 0 aliphatic heterocycles. The van der Waals surface area contributed by atoms with Crippen molar-refractivity contribution in [2.75, 3.05) is 18.6 Å². The summed E-state index contributed by atoms with van der Waals surface area (Å²) in [7, 11) is 1.66. The lowest BCUT2D eigenvalue weighted by Gasteiger charge is -2.20. The maximum atomic E-state index is 12.7. The molecule has 1 fully saturated rings. The molecule has 0 spiro atoms. The van der Waals surface area contributed by atoms with E-state index in [1.165, 1.54) is 4.90 Å². The van der Waals surface area contributed by atoms with Crippen molar-refractivity contribution < 1.29 is 19.1 Å². The van der Waals surface area contributed by atoms with Crippen LogP contribution in [0.2, 0.25) is 0 Å². The molecule has 3 amide bonds. The first kappa shape index (κ1) is 22.1. The van der Waals surface area contributed by atoms with Crippen LogP contribution >= 0.6 is 0 Å². The van der Waals surface area contributed by atoms with Gasteiger partial charge >= 0.3 is 0 Å². The van der Waals surface area contributed by atoms with Crippen molar-refractivity contribution in [3.63, 3.8) is 0 Å². The topological polar surface area (TPSA) is 87.7 Å². The Morgan fingerprint density at radius 1 is 0.879 bits per heavy atom. The van der Waals surface area contributed by atoms with Crippen molar-refractivity contribution in [2.45, 2.75) is 12.8 Å². The Balaban J connectivity index is 1.35. The molecule has 1 saturated carbocycles. The van der Waals surface area contributed by atoms with Crippen molar-refractivity contribution in [1.29, 1.82) is 0 Å². The number of rotatable bonds is 7. The lowest BCUT2D eigenvalue weighted by Crippen LogP contribution is -2.44. The number of hydrogen-bond acceptors (Lipinski definition) is 4. The van der Waals surface area contributed by atoms with Gasteiger partial charge in [-0.05, 0) is 36.6 Å². The second kappa shape index (κ2) is 9.99. The molecule has 0 heterocycles. The van der Waals surface area contributed by atoms with Crippen molar-refractivity contribution in [3.8, 4) is 16.9 Å². The lowest BCUT2D eigenvalue weighted by molar-refractivity contribution is -0.124. The summed E-state index contributed by atoms with van der Waals surface area (Å²) in [6, 6.07) is 24.0. The van der Waals surface area contributed by atoms with Crippen molar-refractivity contribution >= 4 is 23.4 Å². The van der Waals surface area contributed by atoms with E-state index in [0.29, 0.717) is 17.0 Å². The minimum atomic E-state index is -0.515. The zero-order chi connectivity index (χ0) is 23.2. The fourth-order valence-electron chi connectivity index (χ4n) is 3.50. The minimum absolute atomic E-state index is 0.00948. The predicted molar refractivity (Wildman–Crippen MR) is 126 cm³/mol. The number of carbonyl (C=O) groups is 3. The van der Waals surface area contributed by atoms with Crippen LogP contribution < -0.4 is 20.5 Å². The number of anilines is 1. The van der Waals surface area contributed by atoms with Crippen LogP contribution in [0.3, 0.4) is 0 Å². The first-order valence-corrected chi connectivity index (χ1v) is 10.8. The molecule has 1 aliphatic rings. The first-order valence-electron chi connectivity index (χ1n) is 10.8. The standard InChI is InChI=1S/C26H25N3O4/c1-29(26(32)19-15-16-19)22-13-7-5-12-21(22)25(31)28-27-24(30)17-33-23-14-8-6-11-20(23)18-9-3-2-4-10-18/h2-14,19H,15-17H2,1H3,(H,27,30)(H,28,31). The number of ether oxygens (including phenoxy) is 1. The van der Waals surface area contributed by atoms with Gasteiger partial charge in [0.05, 0.1) is 11.3 Å². The van der Waals surface area contributed by atoms with Gasteiger partial charge in [-0.15, -0.1) is 0 Å². The van der Waals surface area contributed by atoms with Crippen molar-refractivity contribution in [1.82, 2.24) is 10.9 Å². The van der Waals surface area contributed by atoms with Crippen molar-refractivity contribution in [2.24, 2.45) is 5.92 Å². The summed E-state index contributed by atoms with van der Waals surface area (Å²) in [5.74, 6) is -0.438. The van der Waals surface area contributed by atoms with Gasteiger partial charge in [-0.3, -0.25) is 25.2 Å². The lowest BCUT2D eigenvalue weighted by atomic mass is 10.1. The molecule has 168 valence electrons. The third-order valence-corrected chi connectivity index (χ3v) is 5.41. The molecule has 3 aromatic rings. The molecule has 0 radical (unpaired) electrons. The molecule has 1 aliphatic carbocycles. The largest absolute Gasteiger partial charge is 0.483 e. The molecular formula is C26H25N3O4. The van der Waals surface area contributed by atoms with Gasteiger partial charge in [0.1, 0.15) is 5.75 Å². The Morgan fingerprint density at radius 3 is 2.30 bits per heavy atom. The molecule has 7 nitrogen and oxygen atoms in total. The van der Waals surface area contributed by atoms with Gasteiger partial charge in [-0.2, -0.15) is 0 Å². The van der Waals surface area contributed by atoms with Crippen LogP contribution in [-0.4, -0.2) is 31.4 Å². The van der Waals surface area contributed by atoms with E-state index < -0.39 is 11.8 Å². The van der Waals surface area contributed by atoms with Gasteiger partial charge in [0.2, 0.25) is 5.91 Å². The van der Waals surface area contributed by atoms with Crippen LogP contribution in [-0.2, 0) is 9.59 Å². The summed E-state index contributed by atoms with van der Waals surface area (Å²) < 4.78 is 5.70. The Labute approximate surface area is 192 Å². The molecule has 4 rings (SSSR count). The van der Waals surface area contributed by atoms with Crippen LogP contribution in [0.5, 0.6) is 5.75 Å². The van der Waals surface area contributed by atoms with Crippen LogP contribution in [0.4, 0.5) is 5.69 Å². The normalized spacial score (nSPS) is 12.5. The molecular weight excluding hydrogens is 418 g/mol. The third kappa shape index (κ3) is 5.38. The second-order valence-electron chi connectivity index (χ2n) is 7.84. The Hall–Kier alpha value is -4.13. The molecule has 3 aromatic carbocycles.